The Bertz CT molecular complexity index is 293. The largest absolute Gasteiger partial charge is 0.381 e. The molecule has 0 amide bonds. The van der Waals surface area contributed by atoms with Crippen molar-refractivity contribution in [2.45, 2.75) is 50.5 Å². The normalized spacial score (nSPS) is 49.5. The van der Waals surface area contributed by atoms with E-state index in [0.717, 1.165) is 42.8 Å². The molecule has 4 aliphatic carbocycles. The van der Waals surface area contributed by atoms with E-state index >= 15 is 0 Å². The third-order valence-electron chi connectivity index (χ3n) is 6.75. The van der Waals surface area contributed by atoms with Gasteiger partial charge in [0.05, 0.1) is 0 Å². The summed E-state index contributed by atoms with van der Waals surface area (Å²) in [6.45, 7) is 1.95. The molecule has 0 aromatic heterocycles. The highest BCUT2D eigenvalue weighted by atomic mass is 16.5. The zero-order valence-electron chi connectivity index (χ0n) is 11.7. The van der Waals surface area contributed by atoms with Gasteiger partial charge in [0.25, 0.3) is 0 Å². The maximum absolute atomic E-state index is 5.63. The van der Waals surface area contributed by atoms with E-state index in [1.165, 1.54) is 12.8 Å². The lowest BCUT2D eigenvalue weighted by Crippen LogP contribution is -2.62. The average molecular weight is 249 g/mol. The summed E-state index contributed by atoms with van der Waals surface area (Å²) in [6, 6.07) is 0. The maximum atomic E-state index is 5.63. The monoisotopic (exact) mass is 249 g/mol. The summed E-state index contributed by atoms with van der Waals surface area (Å²) >= 11 is 0. The van der Waals surface area contributed by atoms with Crippen LogP contribution in [0, 0.1) is 29.6 Å². The summed E-state index contributed by atoms with van der Waals surface area (Å²) in [5, 5.41) is 3.77. The fourth-order valence-electron chi connectivity index (χ4n) is 6.31. The lowest BCUT2D eigenvalue weighted by atomic mass is 9.47. The minimum Gasteiger partial charge on any atom is -0.381 e. The summed E-state index contributed by atoms with van der Waals surface area (Å²) in [4.78, 5) is 0. The zero-order valence-corrected chi connectivity index (χ0v) is 11.7. The second kappa shape index (κ2) is 4.21. The number of hydrogen-bond acceptors (Lipinski definition) is 2. The molecule has 0 radical (unpaired) electrons. The Morgan fingerprint density at radius 1 is 0.889 bits per heavy atom. The molecule has 1 heterocycles. The Hall–Kier alpha value is -0.0800. The molecule has 18 heavy (non-hydrogen) atoms. The fourth-order valence-corrected chi connectivity index (χ4v) is 6.31. The van der Waals surface area contributed by atoms with E-state index < -0.39 is 0 Å². The van der Waals surface area contributed by atoms with Crippen molar-refractivity contribution in [3.05, 3.63) is 0 Å². The molecule has 1 N–H and O–H groups in total. The second-order valence-electron chi connectivity index (χ2n) is 7.48. The summed E-state index contributed by atoms with van der Waals surface area (Å²) in [5.74, 6) is 5.22. The van der Waals surface area contributed by atoms with Gasteiger partial charge in [-0.3, -0.25) is 0 Å². The first-order valence-electron chi connectivity index (χ1n) is 8.07. The van der Waals surface area contributed by atoms with E-state index in [9.17, 15) is 0 Å². The van der Waals surface area contributed by atoms with Gasteiger partial charge in [-0.05, 0) is 81.6 Å². The third kappa shape index (κ3) is 1.61. The van der Waals surface area contributed by atoms with Crippen LogP contribution in [0.2, 0.25) is 0 Å². The van der Waals surface area contributed by atoms with Crippen LogP contribution in [0.1, 0.15) is 44.9 Å². The molecule has 5 fully saturated rings. The molecular formula is C16H27NO. The van der Waals surface area contributed by atoms with Crippen LogP contribution in [-0.4, -0.2) is 25.8 Å². The van der Waals surface area contributed by atoms with Crippen LogP contribution in [0.15, 0.2) is 0 Å². The summed E-state index contributed by atoms with van der Waals surface area (Å²) < 4.78 is 5.63. The standard InChI is InChI=1S/C16H27NO/c1-17-16(2-4-18-5-3-16)15-13-7-11-6-12(9-13)10-14(15)8-11/h11-15,17H,2-10H2,1H3. The van der Waals surface area contributed by atoms with Crippen molar-refractivity contribution in [3.63, 3.8) is 0 Å². The van der Waals surface area contributed by atoms with Crippen molar-refractivity contribution >= 4 is 0 Å². The van der Waals surface area contributed by atoms with Crippen LogP contribution in [0.4, 0.5) is 0 Å². The van der Waals surface area contributed by atoms with Gasteiger partial charge in [-0.25, -0.2) is 0 Å². The number of nitrogens with one attached hydrogen (secondary N) is 1. The molecule has 2 nitrogen and oxygen atoms in total. The van der Waals surface area contributed by atoms with E-state index in [2.05, 4.69) is 12.4 Å². The minimum atomic E-state index is 0.418. The van der Waals surface area contributed by atoms with E-state index in [-0.39, 0.29) is 0 Å². The van der Waals surface area contributed by atoms with Gasteiger partial charge in [0, 0.05) is 18.8 Å². The topological polar surface area (TPSA) is 21.3 Å². The molecule has 102 valence electrons. The molecule has 4 bridgehead atoms. The van der Waals surface area contributed by atoms with Gasteiger partial charge in [-0.2, -0.15) is 0 Å². The molecule has 5 rings (SSSR count). The smallest absolute Gasteiger partial charge is 0.0483 e. The molecule has 1 saturated heterocycles. The highest BCUT2D eigenvalue weighted by Crippen LogP contribution is 2.60. The highest BCUT2D eigenvalue weighted by Gasteiger charge is 2.55. The van der Waals surface area contributed by atoms with Gasteiger partial charge >= 0.3 is 0 Å². The quantitative estimate of drug-likeness (QED) is 0.812. The Morgan fingerprint density at radius 3 is 1.94 bits per heavy atom. The van der Waals surface area contributed by atoms with E-state index in [1.807, 2.05) is 0 Å². The second-order valence-corrected chi connectivity index (χ2v) is 7.48. The van der Waals surface area contributed by atoms with Crippen LogP contribution in [0.3, 0.4) is 0 Å². The number of hydrogen-bond donors (Lipinski definition) is 1. The molecule has 0 atom stereocenters. The molecule has 2 heteroatoms. The lowest BCUT2D eigenvalue weighted by Gasteiger charge is -2.60. The zero-order chi connectivity index (χ0) is 12.2. The van der Waals surface area contributed by atoms with Gasteiger partial charge in [-0.1, -0.05) is 0 Å². The van der Waals surface area contributed by atoms with Gasteiger partial charge in [0.15, 0.2) is 0 Å². The van der Waals surface area contributed by atoms with Crippen molar-refractivity contribution in [3.8, 4) is 0 Å². The summed E-state index contributed by atoms with van der Waals surface area (Å²) in [5.41, 5.74) is 0.418. The maximum Gasteiger partial charge on any atom is 0.0483 e. The van der Waals surface area contributed by atoms with Crippen LogP contribution < -0.4 is 5.32 Å². The number of rotatable bonds is 2. The SMILES string of the molecule is CNC1(C2C3CC4CC(C3)CC2C4)CCOCC1. The summed E-state index contributed by atoms with van der Waals surface area (Å²) in [6.07, 6.45) is 10.2. The summed E-state index contributed by atoms with van der Waals surface area (Å²) in [7, 11) is 2.20. The highest BCUT2D eigenvalue weighted by molar-refractivity contribution is 5.08. The molecule has 0 unspecified atom stereocenters. The Labute approximate surface area is 111 Å². The van der Waals surface area contributed by atoms with Crippen LogP contribution in [0.5, 0.6) is 0 Å². The van der Waals surface area contributed by atoms with Gasteiger partial charge in [-0.15, -0.1) is 0 Å². The van der Waals surface area contributed by atoms with E-state index in [0.29, 0.717) is 5.54 Å². The molecule has 4 saturated carbocycles. The van der Waals surface area contributed by atoms with Crippen molar-refractivity contribution in [2.75, 3.05) is 20.3 Å². The molecule has 1 aliphatic heterocycles. The van der Waals surface area contributed by atoms with Crippen molar-refractivity contribution in [1.29, 1.82) is 0 Å². The van der Waals surface area contributed by atoms with E-state index in [1.54, 1.807) is 32.1 Å². The first kappa shape index (κ1) is 11.7. The Balaban J connectivity index is 1.63. The molecular weight excluding hydrogens is 222 g/mol. The van der Waals surface area contributed by atoms with Gasteiger partial charge in [0.2, 0.25) is 0 Å². The van der Waals surface area contributed by atoms with Crippen LogP contribution in [0.25, 0.3) is 0 Å². The molecule has 5 aliphatic rings. The van der Waals surface area contributed by atoms with Crippen LogP contribution in [-0.2, 0) is 4.74 Å². The molecule has 0 aromatic carbocycles. The van der Waals surface area contributed by atoms with Gasteiger partial charge in [0.1, 0.15) is 0 Å². The Morgan fingerprint density at radius 2 is 1.44 bits per heavy atom. The third-order valence-corrected chi connectivity index (χ3v) is 6.75. The minimum absolute atomic E-state index is 0.418. The van der Waals surface area contributed by atoms with Crippen LogP contribution >= 0.6 is 0 Å². The first-order chi connectivity index (χ1) is 8.81. The van der Waals surface area contributed by atoms with Crippen molar-refractivity contribution < 1.29 is 4.74 Å². The lowest BCUT2D eigenvalue weighted by molar-refractivity contribution is -0.103. The molecule has 0 aromatic rings. The van der Waals surface area contributed by atoms with Crippen molar-refractivity contribution in [2.24, 2.45) is 29.6 Å². The van der Waals surface area contributed by atoms with E-state index in [4.69, 9.17) is 4.74 Å². The predicted octanol–water partition coefficient (Wildman–Crippen LogP) is 2.83. The first-order valence-corrected chi connectivity index (χ1v) is 8.07. The van der Waals surface area contributed by atoms with Crippen molar-refractivity contribution in [1.82, 2.24) is 5.32 Å². The average Bonchev–Trinajstić information content (AvgIpc) is 2.38. The predicted molar refractivity (Wildman–Crippen MR) is 72.4 cm³/mol. The van der Waals surface area contributed by atoms with Gasteiger partial charge < -0.3 is 10.1 Å². The number of ether oxygens (including phenoxy) is 1. The fraction of sp³-hybridized carbons (Fsp3) is 1.00. The Kier molecular flexibility index (Phi) is 2.74. The molecule has 0 spiro atoms.